The zero-order valence-electron chi connectivity index (χ0n) is 10.8. The quantitative estimate of drug-likeness (QED) is 0.704. The molecule has 1 atom stereocenters. The molecule has 1 N–H and O–H groups in total. The largest absolute Gasteiger partial charge is 0.356 e. The Morgan fingerprint density at radius 3 is 2.88 bits per heavy atom. The van der Waals surface area contributed by atoms with Crippen molar-refractivity contribution in [2.75, 3.05) is 19.6 Å². The monoisotopic (exact) mass is 226 g/mol. The fourth-order valence-corrected chi connectivity index (χ4v) is 2.52. The van der Waals surface area contributed by atoms with Crippen LogP contribution in [-0.2, 0) is 4.79 Å². The Bertz CT molecular complexity index is 206. The zero-order chi connectivity index (χ0) is 11.8. The molecule has 94 valence electrons. The Morgan fingerprint density at radius 2 is 2.19 bits per heavy atom. The van der Waals surface area contributed by atoms with Crippen LogP contribution >= 0.6 is 0 Å². The highest BCUT2D eigenvalue weighted by atomic mass is 16.1. The summed E-state index contributed by atoms with van der Waals surface area (Å²) < 4.78 is 0. The molecule has 3 nitrogen and oxygen atoms in total. The molecule has 0 radical (unpaired) electrons. The Labute approximate surface area is 99.6 Å². The standard InChI is InChI=1S/C13H26N2O/c1-3-13-8-4-6-10-15(13)11-7-5-9-14-12(2)16/h13H,3-11H2,1-2H3,(H,14,16). The summed E-state index contributed by atoms with van der Waals surface area (Å²) in [5, 5.41) is 2.85. The van der Waals surface area contributed by atoms with Crippen LogP contribution in [0, 0.1) is 0 Å². The van der Waals surface area contributed by atoms with Crippen LogP contribution in [0.3, 0.4) is 0 Å². The number of carbonyl (C=O) groups excluding carboxylic acids is 1. The van der Waals surface area contributed by atoms with Gasteiger partial charge in [-0.05, 0) is 45.2 Å². The molecule has 1 fully saturated rings. The van der Waals surface area contributed by atoms with Gasteiger partial charge >= 0.3 is 0 Å². The highest BCUT2D eigenvalue weighted by Gasteiger charge is 2.19. The normalized spacial score (nSPS) is 22.0. The molecule has 0 aromatic carbocycles. The first-order valence-corrected chi connectivity index (χ1v) is 6.72. The van der Waals surface area contributed by atoms with Crippen LogP contribution in [-0.4, -0.2) is 36.5 Å². The van der Waals surface area contributed by atoms with Gasteiger partial charge in [-0.2, -0.15) is 0 Å². The Balaban J connectivity index is 2.08. The Kier molecular flexibility index (Phi) is 6.46. The molecule has 1 aliphatic heterocycles. The van der Waals surface area contributed by atoms with E-state index in [1.54, 1.807) is 6.92 Å². The number of hydrogen-bond acceptors (Lipinski definition) is 2. The van der Waals surface area contributed by atoms with E-state index in [9.17, 15) is 4.79 Å². The predicted molar refractivity (Wildman–Crippen MR) is 67.4 cm³/mol. The number of carbonyl (C=O) groups is 1. The van der Waals surface area contributed by atoms with Crippen molar-refractivity contribution in [1.82, 2.24) is 10.2 Å². The van der Waals surface area contributed by atoms with Gasteiger partial charge in [-0.1, -0.05) is 13.3 Å². The van der Waals surface area contributed by atoms with Gasteiger partial charge in [-0.15, -0.1) is 0 Å². The van der Waals surface area contributed by atoms with Gasteiger partial charge < -0.3 is 10.2 Å². The van der Waals surface area contributed by atoms with Gasteiger partial charge in [0.1, 0.15) is 0 Å². The minimum Gasteiger partial charge on any atom is -0.356 e. The molecule has 1 aliphatic rings. The number of likely N-dealkylation sites (tertiary alicyclic amines) is 1. The topological polar surface area (TPSA) is 32.3 Å². The lowest BCUT2D eigenvalue weighted by Gasteiger charge is -2.35. The van der Waals surface area contributed by atoms with Crippen LogP contribution in [0.25, 0.3) is 0 Å². The predicted octanol–water partition coefficient (Wildman–Crippen LogP) is 2.17. The molecule has 1 saturated heterocycles. The average Bonchev–Trinajstić information content (AvgIpc) is 2.29. The van der Waals surface area contributed by atoms with Crippen LogP contribution < -0.4 is 5.32 Å². The number of amides is 1. The third-order valence-corrected chi connectivity index (χ3v) is 3.47. The van der Waals surface area contributed by atoms with E-state index < -0.39 is 0 Å². The summed E-state index contributed by atoms with van der Waals surface area (Å²) in [7, 11) is 0. The molecule has 1 unspecified atom stereocenters. The number of rotatable bonds is 6. The van der Waals surface area contributed by atoms with Crippen molar-refractivity contribution in [3.8, 4) is 0 Å². The minimum atomic E-state index is 0.0874. The van der Waals surface area contributed by atoms with Gasteiger partial charge in [0, 0.05) is 19.5 Å². The van der Waals surface area contributed by atoms with Crippen molar-refractivity contribution >= 4 is 5.91 Å². The molecule has 1 amide bonds. The van der Waals surface area contributed by atoms with Crippen molar-refractivity contribution in [2.24, 2.45) is 0 Å². The highest BCUT2D eigenvalue weighted by molar-refractivity contribution is 5.72. The van der Waals surface area contributed by atoms with E-state index in [0.717, 1.165) is 19.0 Å². The first kappa shape index (κ1) is 13.5. The van der Waals surface area contributed by atoms with Gasteiger partial charge in [0.2, 0.25) is 5.91 Å². The summed E-state index contributed by atoms with van der Waals surface area (Å²) >= 11 is 0. The first-order valence-electron chi connectivity index (χ1n) is 6.72. The zero-order valence-corrected chi connectivity index (χ0v) is 10.8. The van der Waals surface area contributed by atoms with Crippen molar-refractivity contribution in [1.29, 1.82) is 0 Å². The SMILES string of the molecule is CCC1CCCCN1CCCCNC(C)=O. The van der Waals surface area contributed by atoms with E-state index in [-0.39, 0.29) is 5.91 Å². The van der Waals surface area contributed by atoms with Gasteiger partial charge in [0.25, 0.3) is 0 Å². The molecular formula is C13H26N2O. The Hall–Kier alpha value is -0.570. The summed E-state index contributed by atoms with van der Waals surface area (Å²) in [5.41, 5.74) is 0. The summed E-state index contributed by atoms with van der Waals surface area (Å²) in [6.45, 7) is 7.19. The van der Waals surface area contributed by atoms with E-state index in [2.05, 4.69) is 17.1 Å². The molecule has 0 aliphatic carbocycles. The van der Waals surface area contributed by atoms with E-state index >= 15 is 0 Å². The van der Waals surface area contributed by atoms with E-state index in [0.29, 0.717) is 0 Å². The summed E-state index contributed by atoms with van der Waals surface area (Å²) in [6, 6.07) is 0.814. The molecule has 1 heterocycles. The van der Waals surface area contributed by atoms with Crippen LogP contribution in [0.1, 0.15) is 52.4 Å². The molecule has 16 heavy (non-hydrogen) atoms. The van der Waals surface area contributed by atoms with Crippen molar-refractivity contribution < 1.29 is 4.79 Å². The second kappa shape index (κ2) is 7.66. The molecular weight excluding hydrogens is 200 g/mol. The molecule has 3 heteroatoms. The number of nitrogens with one attached hydrogen (secondary N) is 1. The fourth-order valence-electron chi connectivity index (χ4n) is 2.52. The minimum absolute atomic E-state index is 0.0874. The lowest BCUT2D eigenvalue weighted by molar-refractivity contribution is -0.118. The molecule has 0 bridgehead atoms. The van der Waals surface area contributed by atoms with Crippen LogP contribution in [0.4, 0.5) is 0 Å². The van der Waals surface area contributed by atoms with Crippen LogP contribution in [0.5, 0.6) is 0 Å². The van der Waals surface area contributed by atoms with Crippen LogP contribution in [0.2, 0.25) is 0 Å². The second-order valence-electron chi connectivity index (χ2n) is 4.78. The third kappa shape index (κ3) is 4.97. The maximum Gasteiger partial charge on any atom is 0.216 e. The van der Waals surface area contributed by atoms with E-state index in [4.69, 9.17) is 0 Å². The number of unbranched alkanes of at least 4 members (excludes halogenated alkanes) is 1. The molecule has 1 rings (SSSR count). The smallest absolute Gasteiger partial charge is 0.216 e. The van der Waals surface area contributed by atoms with Gasteiger partial charge in [-0.3, -0.25) is 4.79 Å². The van der Waals surface area contributed by atoms with Crippen LogP contribution in [0.15, 0.2) is 0 Å². The van der Waals surface area contributed by atoms with Crippen molar-refractivity contribution in [3.05, 3.63) is 0 Å². The molecule has 0 spiro atoms. The fraction of sp³-hybridized carbons (Fsp3) is 0.923. The first-order chi connectivity index (χ1) is 7.74. The summed E-state index contributed by atoms with van der Waals surface area (Å²) in [4.78, 5) is 13.3. The number of piperidine rings is 1. The molecule has 0 aromatic heterocycles. The number of nitrogens with zero attached hydrogens (tertiary/aromatic N) is 1. The van der Waals surface area contributed by atoms with E-state index in [1.807, 2.05) is 0 Å². The summed E-state index contributed by atoms with van der Waals surface area (Å²) in [6.07, 6.45) is 7.74. The maximum atomic E-state index is 10.7. The van der Waals surface area contributed by atoms with Gasteiger partial charge in [0.15, 0.2) is 0 Å². The van der Waals surface area contributed by atoms with Gasteiger partial charge in [-0.25, -0.2) is 0 Å². The molecule has 0 saturated carbocycles. The Morgan fingerprint density at radius 1 is 1.38 bits per heavy atom. The van der Waals surface area contributed by atoms with Crippen molar-refractivity contribution in [2.45, 2.75) is 58.4 Å². The lowest BCUT2D eigenvalue weighted by atomic mass is 10.00. The highest BCUT2D eigenvalue weighted by Crippen LogP contribution is 2.19. The second-order valence-corrected chi connectivity index (χ2v) is 4.78. The van der Waals surface area contributed by atoms with E-state index in [1.165, 1.54) is 45.2 Å². The van der Waals surface area contributed by atoms with Crippen molar-refractivity contribution in [3.63, 3.8) is 0 Å². The lowest BCUT2D eigenvalue weighted by Crippen LogP contribution is -2.39. The number of hydrogen-bond donors (Lipinski definition) is 1. The average molecular weight is 226 g/mol. The van der Waals surface area contributed by atoms with Gasteiger partial charge in [0.05, 0.1) is 0 Å². The molecule has 0 aromatic rings. The maximum absolute atomic E-state index is 10.7. The third-order valence-electron chi connectivity index (χ3n) is 3.47. The summed E-state index contributed by atoms with van der Waals surface area (Å²) in [5.74, 6) is 0.0874.